The molecule has 2 aliphatic carbocycles. The summed E-state index contributed by atoms with van der Waals surface area (Å²) in [6.07, 6.45) is 12.5. The predicted octanol–water partition coefficient (Wildman–Crippen LogP) is 13.5. The van der Waals surface area contributed by atoms with Crippen LogP contribution in [0.1, 0.15) is 147 Å². The standard InChI is InChI=1S/C29H42O2.C21H26O/c1-26(2,3)20-14-18(15-21(24(20)30)27(4,5)6)13-19-16-22(28(7,8)9)25(31)23(17-19)29(10,11)12;1-20(2,3)17-13-16(12-15-10-8-7-9-11-15)14-18(19(17)22)21(4,5)6/h13-17,30H,1-12H3;7-14H,1-6H3. The van der Waals surface area contributed by atoms with E-state index in [9.17, 15) is 14.7 Å². The molecule has 0 amide bonds. The number of benzene rings is 2. The Morgan fingerprint density at radius 2 is 0.698 bits per heavy atom. The van der Waals surface area contributed by atoms with E-state index in [-0.39, 0.29) is 44.1 Å². The van der Waals surface area contributed by atoms with E-state index in [4.69, 9.17) is 0 Å². The molecule has 0 saturated carbocycles. The third kappa shape index (κ3) is 11.0. The number of rotatable bonds is 2. The van der Waals surface area contributed by atoms with Crippen molar-refractivity contribution in [1.29, 1.82) is 0 Å². The molecule has 0 radical (unpaired) electrons. The van der Waals surface area contributed by atoms with Crippen LogP contribution in [0.4, 0.5) is 0 Å². The van der Waals surface area contributed by atoms with Gasteiger partial charge in [-0.05, 0) is 103 Å². The Labute approximate surface area is 322 Å². The van der Waals surface area contributed by atoms with Gasteiger partial charge in [0.25, 0.3) is 0 Å². The van der Waals surface area contributed by atoms with Crippen LogP contribution < -0.4 is 0 Å². The molecule has 0 aromatic heterocycles. The number of carbonyl (C=O) groups is 2. The Morgan fingerprint density at radius 3 is 0.962 bits per heavy atom. The number of phenolic OH excluding ortho intramolecular Hbond substituents is 1. The molecule has 1 N–H and O–H groups in total. The van der Waals surface area contributed by atoms with Crippen LogP contribution in [0.15, 0.2) is 100 Å². The summed E-state index contributed by atoms with van der Waals surface area (Å²) in [5, 5.41) is 11.0. The van der Waals surface area contributed by atoms with Crippen LogP contribution in [0.3, 0.4) is 0 Å². The number of phenols is 1. The highest BCUT2D eigenvalue weighted by Gasteiger charge is 2.35. The number of aromatic hydroxyl groups is 1. The smallest absolute Gasteiger partial charge is 0.186 e. The second kappa shape index (κ2) is 15.0. The number of allylic oxidation sites excluding steroid dienone is 10. The zero-order chi connectivity index (χ0) is 40.7. The third-order valence-corrected chi connectivity index (χ3v) is 9.67. The zero-order valence-corrected chi connectivity index (χ0v) is 36.3. The van der Waals surface area contributed by atoms with Crippen LogP contribution in [0, 0.1) is 21.7 Å². The van der Waals surface area contributed by atoms with E-state index in [1.54, 1.807) is 0 Å². The molecular formula is C50H68O3. The van der Waals surface area contributed by atoms with E-state index in [0.29, 0.717) is 5.75 Å². The lowest BCUT2D eigenvalue weighted by Crippen LogP contribution is -2.27. The monoisotopic (exact) mass is 717 g/mol. The molecule has 0 fully saturated rings. The summed E-state index contributed by atoms with van der Waals surface area (Å²) in [7, 11) is 0. The fourth-order valence-electron chi connectivity index (χ4n) is 6.52. The number of ketones is 2. The Morgan fingerprint density at radius 1 is 0.415 bits per heavy atom. The predicted molar refractivity (Wildman–Crippen MR) is 228 cm³/mol. The van der Waals surface area contributed by atoms with Gasteiger partial charge in [-0.25, -0.2) is 0 Å². The molecule has 0 saturated heterocycles. The highest BCUT2D eigenvalue weighted by Crippen LogP contribution is 2.43. The Hall–Kier alpha value is -3.98. The molecule has 3 nitrogen and oxygen atoms in total. The quantitative estimate of drug-likeness (QED) is 0.337. The lowest BCUT2D eigenvalue weighted by atomic mass is 9.71. The summed E-state index contributed by atoms with van der Waals surface area (Å²) in [5.74, 6) is 0.719. The number of Topliss-reactive ketones (excluding diaryl/α,β-unsaturated/α-hetero) is 2. The third-order valence-electron chi connectivity index (χ3n) is 9.67. The Balaban J connectivity index is 0.000000302. The fraction of sp³-hybridized carbons (Fsp3) is 0.480. The van der Waals surface area contributed by atoms with Gasteiger partial charge in [-0.2, -0.15) is 0 Å². The summed E-state index contributed by atoms with van der Waals surface area (Å²) in [6, 6.07) is 14.4. The van der Waals surface area contributed by atoms with Gasteiger partial charge in [0.1, 0.15) is 5.75 Å². The van der Waals surface area contributed by atoms with Crippen molar-refractivity contribution in [1.82, 2.24) is 0 Å². The molecule has 2 aromatic carbocycles. The zero-order valence-electron chi connectivity index (χ0n) is 36.3. The lowest BCUT2D eigenvalue weighted by molar-refractivity contribution is -0.114. The number of carbonyl (C=O) groups excluding carboxylic acids is 2. The lowest BCUT2D eigenvalue weighted by Gasteiger charge is -2.31. The van der Waals surface area contributed by atoms with Gasteiger partial charge < -0.3 is 5.11 Å². The summed E-state index contributed by atoms with van der Waals surface area (Å²) < 4.78 is 0. The van der Waals surface area contributed by atoms with Crippen molar-refractivity contribution < 1.29 is 14.7 Å². The van der Waals surface area contributed by atoms with Crippen LogP contribution in [-0.2, 0) is 20.4 Å². The van der Waals surface area contributed by atoms with Gasteiger partial charge in [0.15, 0.2) is 11.6 Å². The first-order valence-corrected chi connectivity index (χ1v) is 19.2. The second-order valence-electron chi connectivity index (χ2n) is 21.1. The SMILES string of the molecule is CC(C)(C)C1=CC(=Cc2cc(C(C)(C)C)c(O)c(C(C)(C)C)c2)C=C(C(C)(C)C)C1=O.CC(C)(C)C1=CC(=Cc2ccccc2)C=C(C(C)(C)C)C1=O. The normalized spacial score (nSPS) is 16.3. The van der Waals surface area contributed by atoms with Gasteiger partial charge in [0, 0.05) is 33.4 Å². The molecule has 2 aliphatic rings. The largest absolute Gasteiger partial charge is 0.507 e. The van der Waals surface area contributed by atoms with Crippen molar-refractivity contribution in [3.05, 3.63) is 122 Å². The highest BCUT2D eigenvalue weighted by molar-refractivity contribution is 6.13. The molecule has 0 atom stereocenters. The Kier molecular flexibility index (Phi) is 12.3. The van der Waals surface area contributed by atoms with Crippen molar-refractivity contribution in [2.75, 3.05) is 0 Å². The summed E-state index contributed by atoms with van der Waals surface area (Å²) in [4.78, 5) is 26.1. The summed E-state index contributed by atoms with van der Waals surface area (Å²) in [6.45, 7) is 37.9. The molecule has 53 heavy (non-hydrogen) atoms. The number of hydrogen-bond acceptors (Lipinski definition) is 3. The van der Waals surface area contributed by atoms with Crippen LogP contribution in [0.25, 0.3) is 12.2 Å². The first kappa shape index (κ1) is 43.4. The van der Waals surface area contributed by atoms with E-state index in [1.807, 2.05) is 42.5 Å². The maximum Gasteiger partial charge on any atom is 0.186 e. The van der Waals surface area contributed by atoms with E-state index in [1.165, 1.54) is 0 Å². The first-order chi connectivity index (χ1) is 23.8. The Bertz CT molecular complexity index is 1800. The van der Waals surface area contributed by atoms with Crippen molar-refractivity contribution >= 4 is 23.7 Å². The van der Waals surface area contributed by atoms with Crippen LogP contribution in [0.2, 0.25) is 0 Å². The second-order valence-corrected chi connectivity index (χ2v) is 21.1. The minimum absolute atomic E-state index is 0.147. The van der Waals surface area contributed by atoms with Crippen molar-refractivity contribution in [3.8, 4) is 5.75 Å². The minimum atomic E-state index is -0.233. The molecule has 286 valence electrons. The molecular weight excluding hydrogens is 649 g/mol. The number of hydrogen-bond donors (Lipinski definition) is 1. The molecule has 0 spiro atoms. The molecule has 0 aliphatic heterocycles. The van der Waals surface area contributed by atoms with Gasteiger partial charge in [-0.15, -0.1) is 0 Å². The average Bonchev–Trinajstić information content (AvgIpc) is 2.97. The van der Waals surface area contributed by atoms with Gasteiger partial charge >= 0.3 is 0 Å². The molecule has 0 bridgehead atoms. The van der Waals surface area contributed by atoms with Crippen molar-refractivity contribution in [2.45, 2.75) is 135 Å². The van der Waals surface area contributed by atoms with E-state index < -0.39 is 0 Å². The van der Waals surface area contributed by atoms with Gasteiger partial charge in [-0.3, -0.25) is 9.59 Å². The van der Waals surface area contributed by atoms with Crippen LogP contribution in [0.5, 0.6) is 5.75 Å². The molecule has 0 unspecified atom stereocenters. The fourth-order valence-corrected chi connectivity index (χ4v) is 6.52. The van der Waals surface area contributed by atoms with Crippen molar-refractivity contribution in [2.24, 2.45) is 21.7 Å². The van der Waals surface area contributed by atoms with Crippen molar-refractivity contribution in [3.63, 3.8) is 0 Å². The highest BCUT2D eigenvalue weighted by atomic mass is 16.3. The molecule has 3 heteroatoms. The average molecular weight is 717 g/mol. The van der Waals surface area contributed by atoms with E-state index in [2.05, 4.69) is 161 Å². The van der Waals surface area contributed by atoms with Gasteiger partial charge in [-0.1, -0.05) is 155 Å². The first-order valence-electron chi connectivity index (χ1n) is 19.2. The maximum atomic E-state index is 13.2. The van der Waals surface area contributed by atoms with Crippen LogP contribution >= 0.6 is 0 Å². The summed E-state index contributed by atoms with van der Waals surface area (Å²) in [5.41, 5.74) is 8.55. The van der Waals surface area contributed by atoms with Crippen LogP contribution in [-0.4, -0.2) is 16.7 Å². The summed E-state index contributed by atoms with van der Waals surface area (Å²) >= 11 is 0. The molecule has 2 aromatic rings. The van der Waals surface area contributed by atoms with Gasteiger partial charge in [0.2, 0.25) is 0 Å². The van der Waals surface area contributed by atoms with Gasteiger partial charge in [0.05, 0.1) is 0 Å². The van der Waals surface area contributed by atoms with E-state index >= 15 is 0 Å². The minimum Gasteiger partial charge on any atom is -0.507 e. The molecule has 0 heterocycles. The topological polar surface area (TPSA) is 54.4 Å². The maximum absolute atomic E-state index is 13.2. The van der Waals surface area contributed by atoms with E-state index in [0.717, 1.165) is 55.7 Å². The molecule has 4 rings (SSSR count).